The Bertz CT molecular complexity index is 692. The second kappa shape index (κ2) is 8.55. The predicted octanol–water partition coefficient (Wildman–Crippen LogP) is 2.37. The van der Waals surface area contributed by atoms with Gasteiger partial charge in [0.1, 0.15) is 0 Å². The smallest absolute Gasteiger partial charge is 0.240 e. The highest BCUT2D eigenvalue weighted by Crippen LogP contribution is 2.26. The number of carbonyl (C=O) groups excluding carboxylic acids is 3. The van der Waals surface area contributed by atoms with Crippen LogP contribution in [0.1, 0.15) is 46.6 Å². The van der Waals surface area contributed by atoms with Gasteiger partial charge in [-0.2, -0.15) is 0 Å². The summed E-state index contributed by atoms with van der Waals surface area (Å²) in [6.45, 7) is 10.5. The van der Waals surface area contributed by atoms with Gasteiger partial charge in [-0.3, -0.25) is 14.4 Å². The number of amides is 3. The first-order valence-corrected chi connectivity index (χ1v) is 9.63. The molecule has 1 unspecified atom stereocenters. The molecular weight excluding hydrogens is 342 g/mol. The van der Waals surface area contributed by atoms with Crippen molar-refractivity contribution >= 4 is 23.4 Å². The van der Waals surface area contributed by atoms with Crippen molar-refractivity contribution in [3.8, 4) is 0 Å². The largest absolute Gasteiger partial charge is 0.350 e. The minimum atomic E-state index is -0.411. The molecule has 0 saturated carbocycles. The van der Waals surface area contributed by atoms with Gasteiger partial charge in [0, 0.05) is 30.7 Å². The van der Waals surface area contributed by atoms with Gasteiger partial charge >= 0.3 is 0 Å². The lowest BCUT2D eigenvalue weighted by Gasteiger charge is -2.26. The van der Waals surface area contributed by atoms with Crippen molar-refractivity contribution in [3.05, 3.63) is 29.8 Å². The van der Waals surface area contributed by atoms with Gasteiger partial charge in [-0.1, -0.05) is 19.1 Å². The fraction of sp³-hybridized carbons (Fsp3) is 0.571. The van der Waals surface area contributed by atoms with E-state index in [9.17, 15) is 14.4 Å². The second-order valence-corrected chi connectivity index (χ2v) is 8.08. The van der Waals surface area contributed by atoms with Gasteiger partial charge in [-0.25, -0.2) is 0 Å². The summed E-state index contributed by atoms with van der Waals surface area (Å²) in [4.78, 5) is 40.7. The summed E-state index contributed by atoms with van der Waals surface area (Å²) in [5, 5.41) is 2.87. The molecule has 1 N–H and O–H groups in total. The Morgan fingerprint density at radius 1 is 1.19 bits per heavy atom. The summed E-state index contributed by atoms with van der Waals surface area (Å²) in [6, 6.07) is 7.87. The normalized spacial score (nSPS) is 17.1. The second-order valence-electron chi connectivity index (χ2n) is 8.08. The van der Waals surface area contributed by atoms with Gasteiger partial charge in [0.15, 0.2) is 0 Å². The molecule has 2 rings (SSSR count). The fourth-order valence-electron chi connectivity index (χ4n) is 3.27. The van der Waals surface area contributed by atoms with Gasteiger partial charge in [-0.05, 0) is 51.8 Å². The Labute approximate surface area is 161 Å². The third-order valence-electron chi connectivity index (χ3n) is 4.67. The number of nitrogens with zero attached hydrogens (tertiary/aromatic N) is 2. The van der Waals surface area contributed by atoms with Gasteiger partial charge in [0.2, 0.25) is 17.7 Å². The minimum absolute atomic E-state index is 0.0164. The van der Waals surface area contributed by atoms with E-state index in [0.717, 1.165) is 12.1 Å². The number of nitrogens with one attached hydrogen (secondary N) is 1. The lowest BCUT2D eigenvalue weighted by molar-refractivity contribution is -0.139. The number of benzene rings is 1. The van der Waals surface area contributed by atoms with Gasteiger partial charge in [-0.15, -0.1) is 0 Å². The van der Waals surface area contributed by atoms with Crippen LogP contribution in [0.4, 0.5) is 5.69 Å². The topological polar surface area (TPSA) is 69.7 Å². The van der Waals surface area contributed by atoms with Crippen molar-refractivity contribution in [1.29, 1.82) is 0 Å². The summed E-state index contributed by atoms with van der Waals surface area (Å²) in [6.07, 6.45) is 1.13. The van der Waals surface area contributed by atoms with Crippen LogP contribution < -0.4 is 10.2 Å². The lowest BCUT2D eigenvalue weighted by atomic mass is 10.1. The van der Waals surface area contributed by atoms with Crippen molar-refractivity contribution in [1.82, 2.24) is 10.2 Å². The van der Waals surface area contributed by atoms with Crippen molar-refractivity contribution in [3.63, 3.8) is 0 Å². The van der Waals surface area contributed by atoms with E-state index >= 15 is 0 Å². The van der Waals surface area contributed by atoms with Crippen LogP contribution in [-0.2, 0) is 20.8 Å². The van der Waals surface area contributed by atoms with Crippen LogP contribution >= 0.6 is 0 Å². The zero-order valence-corrected chi connectivity index (χ0v) is 17.0. The van der Waals surface area contributed by atoms with Crippen molar-refractivity contribution in [2.75, 3.05) is 24.5 Å². The highest BCUT2D eigenvalue weighted by molar-refractivity contribution is 6.00. The maximum Gasteiger partial charge on any atom is 0.240 e. The van der Waals surface area contributed by atoms with Crippen LogP contribution in [0.3, 0.4) is 0 Å². The number of hydrogen-bond donors (Lipinski definition) is 1. The molecule has 1 atom stereocenters. The fourth-order valence-corrected chi connectivity index (χ4v) is 3.27. The molecule has 1 aliphatic rings. The van der Waals surface area contributed by atoms with E-state index in [2.05, 4.69) is 12.2 Å². The van der Waals surface area contributed by atoms with Crippen LogP contribution in [0, 0.1) is 5.92 Å². The molecule has 0 radical (unpaired) electrons. The molecule has 27 heavy (non-hydrogen) atoms. The summed E-state index contributed by atoms with van der Waals surface area (Å²) in [7, 11) is 0. The monoisotopic (exact) mass is 373 g/mol. The van der Waals surface area contributed by atoms with Gasteiger partial charge in [0.25, 0.3) is 0 Å². The molecule has 1 aromatic carbocycles. The van der Waals surface area contributed by atoms with Crippen LogP contribution in [0.5, 0.6) is 0 Å². The Hall–Kier alpha value is -2.37. The molecule has 1 aromatic rings. The Balaban J connectivity index is 2.03. The molecule has 0 aliphatic carbocycles. The van der Waals surface area contributed by atoms with E-state index in [1.807, 2.05) is 52.0 Å². The van der Waals surface area contributed by atoms with E-state index in [-0.39, 0.29) is 36.2 Å². The maximum atomic E-state index is 12.9. The average Bonchev–Trinajstić information content (AvgIpc) is 2.99. The first-order valence-electron chi connectivity index (χ1n) is 9.63. The van der Waals surface area contributed by atoms with E-state index in [1.165, 1.54) is 10.5 Å². The average molecular weight is 373 g/mol. The molecule has 1 aliphatic heterocycles. The van der Waals surface area contributed by atoms with E-state index < -0.39 is 5.92 Å². The Kier molecular flexibility index (Phi) is 6.63. The number of anilines is 1. The minimum Gasteiger partial charge on any atom is -0.350 e. The summed E-state index contributed by atoms with van der Waals surface area (Å²) in [5.74, 6) is -0.782. The number of carbonyl (C=O) groups is 3. The van der Waals surface area contributed by atoms with Crippen LogP contribution in [-0.4, -0.2) is 47.8 Å². The molecule has 0 aromatic heterocycles. The summed E-state index contributed by atoms with van der Waals surface area (Å²) < 4.78 is 0. The lowest BCUT2D eigenvalue weighted by Crippen LogP contribution is -2.48. The third kappa shape index (κ3) is 5.55. The molecule has 6 nitrogen and oxygen atoms in total. The summed E-state index contributed by atoms with van der Waals surface area (Å²) >= 11 is 0. The number of likely N-dealkylation sites (N-methyl/N-ethyl adjacent to an activating group) is 1. The standard InChI is InChI=1S/C21H31N3O3/c1-6-15-8-10-17(11-9-15)24-13-16(12-19(24)26)20(27)23(7-2)14-18(25)22-21(3,4)5/h8-11,16H,6-7,12-14H2,1-5H3,(H,22,25). The predicted molar refractivity (Wildman–Crippen MR) is 106 cm³/mol. The molecule has 6 heteroatoms. The Morgan fingerprint density at radius 3 is 2.33 bits per heavy atom. The molecule has 3 amide bonds. The summed E-state index contributed by atoms with van der Waals surface area (Å²) in [5.41, 5.74) is 1.69. The SMILES string of the molecule is CCc1ccc(N2CC(C(=O)N(CC)CC(=O)NC(C)(C)C)CC2=O)cc1. The van der Waals surface area contributed by atoms with E-state index in [4.69, 9.17) is 0 Å². The zero-order chi connectivity index (χ0) is 20.2. The highest BCUT2D eigenvalue weighted by Gasteiger charge is 2.37. The highest BCUT2D eigenvalue weighted by atomic mass is 16.2. The number of hydrogen-bond acceptors (Lipinski definition) is 3. The Morgan fingerprint density at radius 2 is 1.81 bits per heavy atom. The molecule has 0 spiro atoms. The number of rotatable bonds is 6. The first kappa shape index (κ1) is 20.9. The van der Waals surface area contributed by atoms with Crippen LogP contribution in [0.2, 0.25) is 0 Å². The molecule has 1 saturated heterocycles. The first-order chi connectivity index (χ1) is 12.6. The van der Waals surface area contributed by atoms with Crippen LogP contribution in [0.25, 0.3) is 0 Å². The molecule has 148 valence electrons. The van der Waals surface area contributed by atoms with Crippen molar-refractivity contribution in [2.24, 2.45) is 5.92 Å². The van der Waals surface area contributed by atoms with Gasteiger partial charge < -0.3 is 15.1 Å². The number of aryl methyl sites for hydroxylation is 1. The van der Waals surface area contributed by atoms with E-state index in [1.54, 1.807) is 4.90 Å². The molecular formula is C21H31N3O3. The van der Waals surface area contributed by atoms with Crippen molar-refractivity contribution < 1.29 is 14.4 Å². The van der Waals surface area contributed by atoms with Crippen molar-refractivity contribution in [2.45, 2.75) is 53.0 Å². The zero-order valence-electron chi connectivity index (χ0n) is 17.0. The molecule has 1 heterocycles. The maximum absolute atomic E-state index is 12.9. The molecule has 1 fully saturated rings. The third-order valence-corrected chi connectivity index (χ3v) is 4.67. The van der Waals surface area contributed by atoms with Gasteiger partial charge in [0.05, 0.1) is 12.5 Å². The molecule has 0 bridgehead atoms. The van der Waals surface area contributed by atoms with E-state index in [0.29, 0.717) is 13.1 Å². The van der Waals surface area contributed by atoms with Crippen LogP contribution in [0.15, 0.2) is 24.3 Å². The quantitative estimate of drug-likeness (QED) is 0.832.